The molecule has 3 heterocycles. The van der Waals surface area contributed by atoms with Gasteiger partial charge < -0.3 is 18.5 Å². The third kappa shape index (κ3) is 4.26. The van der Waals surface area contributed by atoms with Gasteiger partial charge in [0.1, 0.15) is 17.0 Å². The lowest BCUT2D eigenvalue weighted by atomic mass is 10.0. The highest BCUT2D eigenvalue weighted by atomic mass is 16.5. The van der Waals surface area contributed by atoms with Crippen molar-refractivity contribution >= 4 is 5.52 Å². The number of aromatic nitrogens is 4. The van der Waals surface area contributed by atoms with Crippen molar-refractivity contribution in [2.75, 3.05) is 13.7 Å². The molecule has 8 nitrogen and oxygen atoms in total. The SMILES string of the molecule is CCOc1ccc(-c2nc(Cn3ccn4nc(-c5ccc(C)c(C)c5)cc4c3=O)c(C)o2)cc1OC. The summed E-state index contributed by atoms with van der Waals surface area (Å²) < 4.78 is 20.2. The fourth-order valence-corrected chi connectivity index (χ4v) is 4.13. The number of hydrogen-bond donors (Lipinski definition) is 0. The maximum Gasteiger partial charge on any atom is 0.276 e. The normalized spacial score (nSPS) is 11.2. The van der Waals surface area contributed by atoms with Crippen molar-refractivity contribution < 1.29 is 13.9 Å². The van der Waals surface area contributed by atoms with Crippen molar-refractivity contribution in [1.82, 2.24) is 19.2 Å². The Labute approximate surface area is 208 Å². The highest BCUT2D eigenvalue weighted by molar-refractivity contribution is 5.66. The van der Waals surface area contributed by atoms with Crippen LogP contribution in [0.3, 0.4) is 0 Å². The Morgan fingerprint density at radius 1 is 0.944 bits per heavy atom. The fraction of sp³-hybridized carbons (Fsp3) is 0.250. The minimum Gasteiger partial charge on any atom is -0.493 e. The third-order valence-electron chi connectivity index (χ3n) is 6.33. The summed E-state index contributed by atoms with van der Waals surface area (Å²) >= 11 is 0. The monoisotopic (exact) mass is 484 g/mol. The molecule has 8 heteroatoms. The molecule has 0 aliphatic heterocycles. The van der Waals surface area contributed by atoms with Crippen molar-refractivity contribution in [3.05, 3.63) is 87.8 Å². The molecular formula is C28H28N4O4. The highest BCUT2D eigenvalue weighted by Gasteiger charge is 2.16. The number of methoxy groups -OCH3 is 1. The Morgan fingerprint density at radius 2 is 1.75 bits per heavy atom. The van der Waals surface area contributed by atoms with E-state index in [0.717, 1.165) is 16.8 Å². The number of hydrogen-bond acceptors (Lipinski definition) is 6. The van der Waals surface area contributed by atoms with Gasteiger partial charge in [-0.3, -0.25) is 4.79 Å². The zero-order chi connectivity index (χ0) is 25.4. The number of benzene rings is 2. The van der Waals surface area contributed by atoms with Crippen molar-refractivity contribution in [2.45, 2.75) is 34.2 Å². The van der Waals surface area contributed by atoms with Crippen LogP contribution in [0, 0.1) is 20.8 Å². The number of oxazole rings is 1. The first kappa shape index (κ1) is 23.4. The van der Waals surface area contributed by atoms with Gasteiger partial charge in [-0.05, 0) is 69.2 Å². The van der Waals surface area contributed by atoms with Crippen LogP contribution in [-0.4, -0.2) is 32.9 Å². The molecule has 2 aromatic carbocycles. The van der Waals surface area contributed by atoms with Gasteiger partial charge in [0, 0.05) is 23.5 Å². The van der Waals surface area contributed by atoms with E-state index in [1.165, 1.54) is 11.1 Å². The molecule has 3 aromatic heterocycles. The van der Waals surface area contributed by atoms with Gasteiger partial charge >= 0.3 is 0 Å². The molecule has 0 amide bonds. The quantitative estimate of drug-likeness (QED) is 0.316. The van der Waals surface area contributed by atoms with Crippen LogP contribution >= 0.6 is 0 Å². The van der Waals surface area contributed by atoms with Crippen molar-refractivity contribution in [2.24, 2.45) is 0 Å². The summed E-state index contributed by atoms with van der Waals surface area (Å²) in [6.07, 6.45) is 3.51. The first-order valence-corrected chi connectivity index (χ1v) is 11.8. The van der Waals surface area contributed by atoms with Crippen LogP contribution < -0.4 is 15.0 Å². The molecule has 0 aliphatic carbocycles. The summed E-state index contributed by atoms with van der Waals surface area (Å²) in [6.45, 7) is 8.73. The van der Waals surface area contributed by atoms with Gasteiger partial charge in [-0.2, -0.15) is 5.10 Å². The van der Waals surface area contributed by atoms with E-state index in [0.29, 0.717) is 41.0 Å². The molecule has 0 radical (unpaired) electrons. The summed E-state index contributed by atoms with van der Waals surface area (Å²) in [6, 6.07) is 13.6. The number of ether oxygens (including phenoxy) is 2. The van der Waals surface area contributed by atoms with Gasteiger partial charge in [0.25, 0.3) is 5.56 Å². The van der Waals surface area contributed by atoms with Gasteiger partial charge in [-0.25, -0.2) is 9.50 Å². The Bertz CT molecular complexity index is 1630. The zero-order valence-electron chi connectivity index (χ0n) is 21.0. The van der Waals surface area contributed by atoms with E-state index in [-0.39, 0.29) is 12.1 Å². The van der Waals surface area contributed by atoms with Crippen LogP contribution in [0.4, 0.5) is 0 Å². The summed E-state index contributed by atoms with van der Waals surface area (Å²) in [7, 11) is 1.60. The van der Waals surface area contributed by atoms with E-state index in [1.807, 2.05) is 44.2 Å². The minimum atomic E-state index is -0.147. The molecule has 5 rings (SSSR count). The van der Waals surface area contributed by atoms with Gasteiger partial charge in [0.2, 0.25) is 5.89 Å². The average Bonchev–Trinajstić information content (AvgIpc) is 3.47. The Hall–Kier alpha value is -4.33. The van der Waals surface area contributed by atoms with E-state index in [4.69, 9.17) is 13.9 Å². The van der Waals surface area contributed by atoms with Crippen LogP contribution in [0.5, 0.6) is 11.5 Å². The summed E-state index contributed by atoms with van der Waals surface area (Å²) in [5.74, 6) is 2.37. The molecule has 184 valence electrons. The maximum atomic E-state index is 13.3. The maximum absolute atomic E-state index is 13.3. The first-order valence-electron chi connectivity index (χ1n) is 11.8. The van der Waals surface area contributed by atoms with E-state index in [2.05, 4.69) is 36.1 Å². The molecule has 5 aromatic rings. The molecule has 0 saturated carbocycles. The molecule has 0 unspecified atom stereocenters. The van der Waals surface area contributed by atoms with Crippen molar-refractivity contribution in [3.8, 4) is 34.2 Å². The second kappa shape index (κ2) is 9.37. The number of fused-ring (bicyclic) bond motifs is 1. The summed E-state index contributed by atoms with van der Waals surface area (Å²) in [4.78, 5) is 18.0. The summed E-state index contributed by atoms with van der Waals surface area (Å²) in [5.41, 5.74) is 5.95. The van der Waals surface area contributed by atoms with Crippen LogP contribution in [0.2, 0.25) is 0 Å². The highest BCUT2D eigenvalue weighted by Crippen LogP contribution is 2.33. The Morgan fingerprint density at radius 3 is 2.50 bits per heavy atom. The molecule has 0 saturated heterocycles. The predicted molar refractivity (Wildman–Crippen MR) is 138 cm³/mol. The molecule has 0 spiro atoms. The first-order chi connectivity index (χ1) is 17.4. The number of rotatable bonds is 7. The second-order valence-electron chi connectivity index (χ2n) is 8.71. The van der Waals surface area contributed by atoms with Gasteiger partial charge in [-0.15, -0.1) is 0 Å². The topological polar surface area (TPSA) is 83.8 Å². The minimum absolute atomic E-state index is 0.147. The lowest BCUT2D eigenvalue weighted by Gasteiger charge is -2.09. The Kier molecular flexibility index (Phi) is 6.10. The second-order valence-corrected chi connectivity index (χ2v) is 8.71. The van der Waals surface area contributed by atoms with Crippen molar-refractivity contribution in [1.29, 1.82) is 0 Å². The summed E-state index contributed by atoms with van der Waals surface area (Å²) in [5, 5.41) is 4.61. The molecular weight excluding hydrogens is 456 g/mol. The molecule has 0 N–H and O–H groups in total. The molecule has 36 heavy (non-hydrogen) atoms. The third-order valence-corrected chi connectivity index (χ3v) is 6.33. The molecule has 0 fully saturated rings. The van der Waals surface area contributed by atoms with E-state index in [9.17, 15) is 4.79 Å². The standard InChI is InChI=1S/C28H28N4O4/c1-6-35-25-10-9-21(14-26(25)34-5)27-29-23(19(4)36-27)16-31-11-12-32-24(28(31)33)15-22(30-32)20-8-7-17(2)18(3)13-20/h7-15H,6,16H2,1-5H3. The van der Waals surface area contributed by atoms with E-state index >= 15 is 0 Å². The lowest BCUT2D eigenvalue weighted by molar-refractivity contribution is 0.311. The van der Waals surface area contributed by atoms with Gasteiger partial charge in [0.05, 0.1) is 26.0 Å². The number of aryl methyl sites for hydroxylation is 3. The van der Waals surface area contributed by atoms with E-state index < -0.39 is 0 Å². The predicted octanol–water partition coefficient (Wildman–Crippen LogP) is 5.20. The van der Waals surface area contributed by atoms with Crippen LogP contribution in [0.15, 0.2) is 64.1 Å². The van der Waals surface area contributed by atoms with Gasteiger partial charge in [0.15, 0.2) is 11.5 Å². The van der Waals surface area contributed by atoms with Gasteiger partial charge in [-0.1, -0.05) is 12.1 Å². The van der Waals surface area contributed by atoms with Crippen molar-refractivity contribution in [3.63, 3.8) is 0 Å². The lowest BCUT2D eigenvalue weighted by Crippen LogP contribution is -2.22. The van der Waals surface area contributed by atoms with Crippen LogP contribution in [-0.2, 0) is 6.54 Å². The smallest absolute Gasteiger partial charge is 0.276 e. The number of nitrogens with zero attached hydrogens (tertiary/aromatic N) is 4. The largest absolute Gasteiger partial charge is 0.493 e. The Balaban J connectivity index is 1.45. The van der Waals surface area contributed by atoms with E-state index in [1.54, 1.807) is 28.6 Å². The fourth-order valence-electron chi connectivity index (χ4n) is 4.13. The molecule has 0 atom stereocenters. The molecule has 0 bridgehead atoms. The van der Waals surface area contributed by atoms with Crippen LogP contribution in [0.25, 0.3) is 28.2 Å². The van der Waals surface area contributed by atoms with Crippen LogP contribution in [0.1, 0.15) is 29.5 Å². The zero-order valence-corrected chi connectivity index (χ0v) is 21.0. The average molecular weight is 485 g/mol. The molecule has 0 aliphatic rings.